The zero-order valence-corrected chi connectivity index (χ0v) is 25.1. The summed E-state index contributed by atoms with van der Waals surface area (Å²) in [7, 11) is 0. The molecule has 2 aromatic carbocycles. The smallest absolute Gasteiger partial charge is 0.406 e. The minimum Gasteiger partial charge on any atom is -0.406 e. The third kappa shape index (κ3) is 7.04. The van der Waals surface area contributed by atoms with Crippen LogP contribution in [0.2, 0.25) is 0 Å². The molecule has 9 nitrogen and oxygen atoms in total. The van der Waals surface area contributed by atoms with Crippen LogP contribution in [0.25, 0.3) is 17.1 Å². The molecule has 3 aromatic rings. The molecule has 5 rings (SSSR count). The summed E-state index contributed by atoms with van der Waals surface area (Å²) in [6.45, 7) is 5.96. The fraction of sp³-hybridized carbons (Fsp3) is 0.323. The van der Waals surface area contributed by atoms with Crippen LogP contribution in [0.3, 0.4) is 0 Å². The highest BCUT2D eigenvalue weighted by Crippen LogP contribution is 2.38. The molecule has 44 heavy (non-hydrogen) atoms. The SMILES string of the molecule is CCC1C=CC=CC1(C)N1C(=O)CS/C1=N\C(=O)NC(C)Cc1ccc(-c2ncn(-c3ccc(OC(F)(F)F)cc3)n2)cc1. The van der Waals surface area contributed by atoms with E-state index in [9.17, 15) is 22.8 Å². The second kappa shape index (κ2) is 12.7. The van der Waals surface area contributed by atoms with Crippen molar-refractivity contribution in [2.75, 3.05) is 5.75 Å². The number of nitrogens with one attached hydrogen (secondary N) is 1. The van der Waals surface area contributed by atoms with Gasteiger partial charge < -0.3 is 10.1 Å². The number of ether oxygens (including phenoxy) is 1. The van der Waals surface area contributed by atoms with Crippen molar-refractivity contribution in [2.45, 2.75) is 51.6 Å². The molecule has 1 saturated heterocycles. The molecule has 3 atom stereocenters. The minimum atomic E-state index is -4.76. The Bertz CT molecular complexity index is 1600. The Balaban J connectivity index is 1.19. The Hall–Kier alpha value is -4.39. The Labute approximate surface area is 256 Å². The molecule has 230 valence electrons. The quantitative estimate of drug-likeness (QED) is 0.315. The van der Waals surface area contributed by atoms with Gasteiger partial charge in [-0.2, -0.15) is 4.99 Å². The van der Waals surface area contributed by atoms with Gasteiger partial charge in [-0.05, 0) is 56.5 Å². The summed E-state index contributed by atoms with van der Waals surface area (Å²) in [5, 5.41) is 7.74. The van der Waals surface area contributed by atoms with Gasteiger partial charge in [0.2, 0.25) is 5.91 Å². The number of aromatic nitrogens is 3. The van der Waals surface area contributed by atoms with Crippen LogP contribution in [0.1, 0.15) is 32.8 Å². The van der Waals surface area contributed by atoms with Crippen molar-refractivity contribution in [3.8, 4) is 22.8 Å². The lowest BCUT2D eigenvalue weighted by molar-refractivity contribution is -0.274. The number of hydrogen-bond donors (Lipinski definition) is 1. The second-order valence-electron chi connectivity index (χ2n) is 10.7. The van der Waals surface area contributed by atoms with Gasteiger partial charge in [-0.1, -0.05) is 67.3 Å². The first kappa shape index (κ1) is 31.0. The summed E-state index contributed by atoms with van der Waals surface area (Å²) in [4.78, 5) is 36.0. The lowest BCUT2D eigenvalue weighted by Crippen LogP contribution is -2.53. The van der Waals surface area contributed by atoms with Gasteiger partial charge in [0, 0.05) is 17.5 Å². The largest absolute Gasteiger partial charge is 0.573 e. The number of urea groups is 1. The number of rotatable bonds is 8. The number of amidine groups is 1. The van der Waals surface area contributed by atoms with Crippen molar-refractivity contribution in [1.29, 1.82) is 0 Å². The van der Waals surface area contributed by atoms with Crippen LogP contribution in [0.15, 0.2) is 84.2 Å². The Morgan fingerprint density at radius 2 is 1.91 bits per heavy atom. The van der Waals surface area contributed by atoms with E-state index in [0.717, 1.165) is 17.5 Å². The van der Waals surface area contributed by atoms with Gasteiger partial charge in [0.1, 0.15) is 12.1 Å². The van der Waals surface area contributed by atoms with Gasteiger partial charge in [0.25, 0.3) is 0 Å². The van der Waals surface area contributed by atoms with E-state index in [1.54, 1.807) is 4.90 Å². The van der Waals surface area contributed by atoms with Crippen molar-refractivity contribution in [3.05, 3.63) is 84.7 Å². The average molecular weight is 625 g/mol. The number of thioether (sulfide) groups is 1. The maximum atomic E-state index is 12.9. The van der Waals surface area contributed by atoms with Crippen molar-refractivity contribution in [1.82, 2.24) is 25.0 Å². The fourth-order valence-corrected chi connectivity index (χ4v) is 6.28. The third-order valence-electron chi connectivity index (χ3n) is 7.47. The number of hydrogen-bond acceptors (Lipinski definition) is 6. The predicted molar refractivity (Wildman–Crippen MR) is 162 cm³/mol. The van der Waals surface area contributed by atoms with E-state index in [-0.39, 0.29) is 29.4 Å². The normalized spacial score (nSPS) is 21.6. The zero-order chi connectivity index (χ0) is 31.5. The lowest BCUT2D eigenvalue weighted by atomic mass is 9.79. The van der Waals surface area contributed by atoms with Gasteiger partial charge >= 0.3 is 12.4 Å². The van der Waals surface area contributed by atoms with Crippen molar-refractivity contribution in [3.63, 3.8) is 0 Å². The van der Waals surface area contributed by atoms with Crippen molar-refractivity contribution in [2.24, 2.45) is 10.9 Å². The zero-order valence-electron chi connectivity index (χ0n) is 24.3. The Morgan fingerprint density at radius 3 is 2.59 bits per heavy atom. The number of halogens is 3. The number of allylic oxidation sites excluding steroid dienone is 2. The van der Waals surface area contributed by atoms with E-state index < -0.39 is 17.9 Å². The monoisotopic (exact) mass is 624 g/mol. The average Bonchev–Trinajstić information content (AvgIpc) is 3.60. The topological polar surface area (TPSA) is 102 Å². The molecule has 3 unspecified atom stereocenters. The van der Waals surface area contributed by atoms with E-state index in [1.807, 2.05) is 56.3 Å². The molecule has 0 bridgehead atoms. The van der Waals surface area contributed by atoms with E-state index in [4.69, 9.17) is 0 Å². The molecule has 1 aliphatic carbocycles. The molecule has 2 aliphatic rings. The molecule has 1 aromatic heterocycles. The van der Waals surface area contributed by atoms with Crippen LogP contribution in [-0.2, 0) is 11.2 Å². The van der Waals surface area contributed by atoms with Crippen molar-refractivity contribution >= 4 is 28.9 Å². The molecule has 2 heterocycles. The van der Waals surface area contributed by atoms with Crippen LogP contribution in [0.4, 0.5) is 18.0 Å². The summed E-state index contributed by atoms with van der Waals surface area (Å²) in [5.41, 5.74) is 1.66. The van der Waals surface area contributed by atoms with Crippen LogP contribution in [0, 0.1) is 5.92 Å². The third-order valence-corrected chi connectivity index (χ3v) is 8.40. The molecule has 3 amide bonds. The molecule has 1 aliphatic heterocycles. The summed E-state index contributed by atoms with van der Waals surface area (Å²) in [6, 6.07) is 12.1. The van der Waals surface area contributed by atoms with Crippen LogP contribution >= 0.6 is 11.8 Å². The van der Waals surface area contributed by atoms with Gasteiger partial charge in [-0.25, -0.2) is 14.5 Å². The van der Waals surface area contributed by atoms with Gasteiger partial charge in [0.05, 0.1) is 17.0 Å². The second-order valence-corrected chi connectivity index (χ2v) is 11.6. The number of benzene rings is 2. The molecular weight excluding hydrogens is 593 g/mol. The summed E-state index contributed by atoms with van der Waals surface area (Å²) < 4.78 is 42.6. The number of nitrogens with zero attached hydrogens (tertiary/aromatic N) is 5. The van der Waals surface area contributed by atoms with Crippen LogP contribution in [-0.4, -0.2) is 60.5 Å². The number of alkyl halides is 3. The standard InChI is InChI=1S/C31H31F3N6O3S/c1-4-23-7-5-6-16-30(23,3)40-26(41)18-44-29(40)37-28(42)36-20(2)17-21-8-10-22(11-9-21)27-35-19-39(38-27)24-12-14-25(15-13-24)43-31(32,33)34/h5-16,19-20,23H,4,17-18H2,1-3H3,(H,36,42)/b37-29-. The number of amides is 3. The number of carbonyl (C=O) groups is 2. The van der Waals surface area contributed by atoms with Gasteiger partial charge in [-0.3, -0.25) is 9.69 Å². The van der Waals surface area contributed by atoms with Crippen molar-refractivity contribution < 1.29 is 27.5 Å². The fourth-order valence-electron chi connectivity index (χ4n) is 5.32. The highest BCUT2D eigenvalue weighted by Gasteiger charge is 2.45. The van der Waals surface area contributed by atoms with Gasteiger partial charge in [-0.15, -0.1) is 18.3 Å². The van der Waals surface area contributed by atoms with Crippen LogP contribution < -0.4 is 10.1 Å². The minimum absolute atomic E-state index is 0.0663. The molecule has 0 spiro atoms. The molecule has 1 N–H and O–H groups in total. The number of carbonyl (C=O) groups excluding carboxylic acids is 2. The predicted octanol–water partition coefficient (Wildman–Crippen LogP) is 6.32. The van der Waals surface area contributed by atoms with E-state index in [2.05, 4.69) is 38.1 Å². The lowest BCUT2D eigenvalue weighted by Gasteiger charge is -2.42. The highest BCUT2D eigenvalue weighted by atomic mass is 32.2. The van der Waals surface area contributed by atoms with E-state index in [1.165, 1.54) is 47.0 Å². The number of aliphatic imine (C=N–C) groups is 1. The van der Waals surface area contributed by atoms with Gasteiger partial charge in [0.15, 0.2) is 11.0 Å². The van der Waals surface area contributed by atoms with E-state index in [0.29, 0.717) is 23.1 Å². The molecule has 0 saturated carbocycles. The first-order valence-electron chi connectivity index (χ1n) is 14.0. The molecule has 1 fully saturated rings. The van der Waals surface area contributed by atoms with E-state index >= 15 is 0 Å². The first-order valence-corrected chi connectivity index (χ1v) is 15.0. The molecular formula is C31H31F3N6O3S. The first-order chi connectivity index (χ1) is 20.9. The Morgan fingerprint density at radius 1 is 1.18 bits per heavy atom. The van der Waals surface area contributed by atoms with Crippen LogP contribution in [0.5, 0.6) is 5.75 Å². The highest BCUT2D eigenvalue weighted by molar-refractivity contribution is 8.15. The Kier molecular flexibility index (Phi) is 8.95. The summed E-state index contributed by atoms with van der Waals surface area (Å²) in [6.07, 6.45) is 6.10. The summed E-state index contributed by atoms with van der Waals surface area (Å²) >= 11 is 1.27. The molecule has 0 radical (unpaired) electrons. The summed E-state index contributed by atoms with van der Waals surface area (Å²) in [5.74, 6) is 0.415. The molecule has 13 heteroatoms. The maximum absolute atomic E-state index is 12.9. The maximum Gasteiger partial charge on any atom is 0.573 e.